The summed E-state index contributed by atoms with van der Waals surface area (Å²) in [5.41, 5.74) is 8.16. The lowest BCUT2D eigenvalue weighted by molar-refractivity contribution is 0.363. The average Bonchev–Trinajstić information content (AvgIpc) is 3.40. The highest BCUT2D eigenvalue weighted by atomic mass is 35.5. The second-order valence-electron chi connectivity index (χ2n) is 7.70. The fourth-order valence-corrected chi connectivity index (χ4v) is 4.44. The largest absolute Gasteiger partial charge is 0.435 e. The molecule has 0 bridgehead atoms. The molecule has 8 nitrogen and oxygen atoms in total. The molecule has 0 unspecified atom stereocenters. The molecular formula is C20H20ClN7OS. The van der Waals surface area contributed by atoms with Crippen molar-refractivity contribution in [3.8, 4) is 16.5 Å². The molecule has 154 valence electrons. The fourth-order valence-electron chi connectivity index (χ4n) is 3.51. The van der Waals surface area contributed by atoms with E-state index in [9.17, 15) is 0 Å². The van der Waals surface area contributed by atoms with E-state index < -0.39 is 0 Å². The molecule has 0 atom stereocenters. The van der Waals surface area contributed by atoms with Crippen LogP contribution in [-0.4, -0.2) is 44.5 Å². The summed E-state index contributed by atoms with van der Waals surface area (Å²) in [6, 6.07) is 1.71. The van der Waals surface area contributed by atoms with E-state index in [0.717, 1.165) is 42.5 Å². The van der Waals surface area contributed by atoms with Crippen molar-refractivity contribution in [1.82, 2.24) is 19.9 Å². The van der Waals surface area contributed by atoms with Crippen molar-refractivity contribution in [3.63, 3.8) is 0 Å². The number of thiazole rings is 1. The van der Waals surface area contributed by atoms with Gasteiger partial charge in [0.15, 0.2) is 5.75 Å². The Labute approximate surface area is 182 Å². The van der Waals surface area contributed by atoms with Crippen molar-refractivity contribution in [2.45, 2.75) is 31.8 Å². The minimum absolute atomic E-state index is 0.105. The molecule has 0 radical (unpaired) electrons. The maximum absolute atomic E-state index is 6.53. The van der Waals surface area contributed by atoms with Crippen LogP contribution in [0.2, 0.25) is 5.02 Å². The maximum Gasteiger partial charge on any atom is 0.243 e. The maximum atomic E-state index is 6.53. The number of aliphatic imine (C=N–C) groups is 1. The Morgan fingerprint density at radius 3 is 2.77 bits per heavy atom. The van der Waals surface area contributed by atoms with Gasteiger partial charge in [-0.3, -0.25) is 4.98 Å². The van der Waals surface area contributed by atoms with Crippen LogP contribution in [0.3, 0.4) is 0 Å². The highest BCUT2D eigenvalue weighted by Gasteiger charge is 2.29. The van der Waals surface area contributed by atoms with Gasteiger partial charge in [-0.1, -0.05) is 11.6 Å². The van der Waals surface area contributed by atoms with Gasteiger partial charge in [0.25, 0.3) is 0 Å². The van der Waals surface area contributed by atoms with E-state index in [2.05, 4.69) is 31.8 Å². The predicted molar refractivity (Wildman–Crippen MR) is 117 cm³/mol. The Balaban J connectivity index is 1.35. The van der Waals surface area contributed by atoms with Gasteiger partial charge in [-0.15, -0.1) is 11.3 Å². The van der Waals surface area contributed by atoms with Crippen LogP contribution in [-0.2, 0) is 6.54 Å². The summed E-state index contributed by atoms with van der Waals surface area (Å²) in [5, 5.41) is 3.01. The molecule has 0 aliphatic carbocycles. The number of hydrogen-bond donors (Lipinski definition) is 1. The van der Waals surface area contributed by atoms with Gasteiger partial charge in [0.05, 0.1) is 18.4 Å². The smallest absolute Gasteiger partial charge is 0.243 e. The minimum atomic E-state index is -0.105. The summed E-state index contributed by atoms with van der Waals surface area (Å²) in [5.74, 6) is 1.73. The number of piperidine rings is 1. The lowest BCUT2D eigenvalue weighted by Crippen LogP contribution is -2.48. The van der Waals surface area contributed by atoms with Gasteiger partial charge in [-0.2, -0.15) is 0 Å². The molecule has 2 aliphatic heterocycles. The standard InChI is InChI=1S/C20H20ClN7OS/c1-20(22)3-7-28(8-4-20)14-11-25-16-12(27-14)10-26-18(16)29-13-2-5-23-17(15(13)21)19-24-6-9-30-19/h2,5-6,9,11H,3-4,7-8,10,22H2,1H3. The van der Waals surface area contributed by atoms with Crippen LogP contribution in [0.1, 0.15) is 31.2 Å². The third-order valence-corrected chi connectivity index (χ3v) is 6.48. The Hall–Kier alpha value is -2.62. The first-order valence-electron chi connectivity index (χ1n) is 9.67. The number of ether oxygens (including phenoxy) is 1. The summed E-state index contributed by atoms with van der Waals surface area (Å²) in [4.78, 5) is 24.7. The zero-order valence-corrected chi connectivity index (χ0v) is 17.9. The molecule has 0 spiro atoms. The van der Waals surface area contributed by atoms with E-state index in [1.165, 1.54) is 11.3 Å². The summed E-state index contributed by atoms with van der Waals surface area (Å²) < 4.78 is 6.01. The highest BCUT2D eigenvalue weighted by molar-refractivity contribution is 7.13. The molecular weight excluding hydrogens is 422 g/mol. The SMILES string of the molecule is CC1(N)CCN(c2cnc3c(n2)CN=C3Oc2ccnc(-c3nccs3)c2Cl)CC1. The Kier molecular flexibility index (Phi) is 4.88. The Bertz CT molecular complexity index is 1110. The Morgan fingerprint density at radius 2 is 2.00 bits per heavy atom. The molecule has 2 aliphatic rings. The van der Waals surface area contributed by atoms with Gasteiger partial charge >= 0.3 is 0 Å². The van der Waals surface area contributed by atoms with Gasteiger partial charge in [0.1, 0.15) is 27.2 Å². The molecule has 0 saturated carbocycles. The molecule has 2 N–H and O–H groups in total. The van der Waals surface area contributed by atoms with Gasteiger partial charge in [-0.05, 0) is 19.8 Å². The van der Waals surface area contributed by atoms with E-state index in [0.29, 0.717) is 34.6 Å². The lowest BCUT2D eigenvalue weighted by atomic mass is 9.91. The number of fused-ring (bicyclic) bond motifs is 1. The van der Waals surface area contributed by atoms with Crippen LogP contribution in [0.25, 0.3) is 10.7 Å². The Morgan fingerprint density at radius 1 is 1.17 bits per heavy atom. The van der Waals surface area contributed by atoms with Gasteiger partial charge in [0.2, 0.25) is 5.90 Å². The number of hydrogen-bond acceptors (Lipinski definition) is 9. The normalized spacial score (nSPS) is 17.6. The molecule has 3 aromatic heterocycles. The van der Waals surface area contributed by atoms with Crippen LogP contribution in [0.15, 0.2) is 35.0 Å². The first kappa shape index (κ1) is 19.3. The van der Waals surface area contributed by atoms with E-state index in [1.54, 1.807) is 24.7 Å². The number of anilines is 1. The van der Waals surface area contributed by atoms with Crippen LogP contribution < -0.4 is 15.4 Å². The number of nitrogens with zero attached hydrogens (tertiary/aromatic N) is 6. The van der Waals surface area contributed by atoms with Crippen molar-refractivity contribution in [1.29, 1.82) is 0 Å². The van der Waals surface area contributed by atoms with Crippen molar-refractivity contribution in [3.05, 3.63) is 46.4 Å². The number of aromatic nitrogens is 4. The summed E-state index contributed by atoms with van der Waals surface area (Å²) in [6.45, 7) is 4.27. The number of rotatable bonds is 3. The third kappa shape index (κ3) is 3.64. The summed E-state index contributed by atoms with van der Waals surface area (Å²) in [6.07, 6.45) is 6.99. The molecule has 3 aromatic rings. The molecule has 30 heavy (non-hydrogen) atoms. The van der Waals surface area contributed by atoms with Crippen molar-refractivity contribution in [2.75, 3.05) is 18.0 Å². The second kappa shape index (κ2) is 7.57. The zero-order chi connectivity index (χ0) is 20.7. The summed E-state index contributed by atoms with van der Waals surface area (Å²) in [7, 11) is 0. The predicted octanol–water partition coefficient (Wildman–Crippen LogP) is 3.31. The van der Waals surface area contributed by atoms with Crippen LogP contribution in [0, 0.1) is 0 Å². The molecule has 1 saturated heterocycles. The zero-order valence-electron chi connectivity index (χ0n) is 16.4. The molecule has 0 aromatic carbocycles. The van der Waals surface area contributed by atoms with Crippen LogP contribution in [0.5, 0.6) is 5.75 Å². The minimum Gasteiger partial charge on any atom is -0.435 e. The average molecular weight is 442 g/mol. The first-order chi connectivity index (χ1) is 14.5. The van der Waals surface area contributed by atoms with Crippen molar-refractivity contribution in [2.24, 2.45) is 10.7 Å². The van der Waals surface area contributed by atoms with E-state index in [4.69, 9.17) is 27.1 Å². The quantitative estimate of drug-likeness (QED) is 0.665. The lowest BCUT2D eigenvalue weighted by Gasteiger charge is -2.37. The summed E-state index contributed by atoms with van der Waals surface area (Å²) >= 11 is 7.99. The third-order valence-electron chi connectivity index (χ3n) is 5.33. The van der Waals surface area contributed by atoms with Gasteiger partial charge in [-0.25, -0.2) is 19.9 Å². The van der Waals surface area contributed by atoms with Crippen LogP contribution in [0.4, 0.5) is 5.82 Å². The van der Waals surface area contributed by atoms with E-state index >= 15 is 0 Å². The van der Waals surface area contributed by atoms with Crippen molar-refractivity contribution >= 4 is 34.7 Å². The topological polar surface area (TPSA) is 102 Å². The van der Waals surface area contributed by atoms with Gasteiger partial charge in [0, 0.05) is 42.5 Å². The second-order valence-corrected chi connectivity index (χ2v) is 8.97. The van der Waals surface area contributed by atoms with E-state index in [-0.39, 0.29) is 5.54 Å². The molecule has 1 fully saturated rings. The van der Waals surface area contributed by atoms with Gasteiger partial charge < -0.3 is 15.4 Å². The first-order valence-corrected chi connectivity index (χ1v) is 10.9. The van der Waals surface area contributed by atoms with Crippen LogP contribution >= 0.6 is 22.9 Å². The highest BCUT2D eigenvalue weighted by Crippen LogP contribution is 2.35. The fraction of sp³-hybridized carbons (Fsp3) is 0.350. The molecule has 5 rings (SSSR count). The molecule has 10 heteroatoms. The molecule has 0 amide bonds. The van der Waals surface area contributed by atoms with Crippen molar-refractivity contribution < 1.29 is 4.74 Å². The van der Waals surface area contributed by atoms with E-state index in [1.807, 2.05) is 5.38 Å². The number of nitrogens with two attached hydrogens (primary N) is 1. The number of pyridine rings is 1. The number of halogens is 1. The monoisotopic (exact) mass is 441 g/mol. The molecule has 5 heterocycles.